The molecule has 0 N–H and O–H groups in total. The van der Waals surface area contributed by atoms with Crippen molar-refractivity contribution in [2.45, 2.75) is 11.3 Å². The molecule has 0 amide bonds. The number of Topliss-reactive ketones (excluding diaryl/α,β-unsaturated/α-hetero) is 1. The minimum absolute atomic E-state index is 0.0161. The zero-order chi connectivity index (χ0) is 23.0. The first-order valence-electron chi connectivity index (χ1n) is 10.8. The van der Waals surface area contributed by atoms with Crippen molar-refractivity contribution in [3.05, 3.63) is 77.4 Å². The third-order valence-corrected chi connectivity index (χ3v) is 9.11. The molecule has 0 aliphatic carbocycles. The summed E-state index contributed by atoms with van der Waals surface area (Å²) < 4.78 is 42.6. The predicted molar refractivity (Wildman–Crippen MR) is 130 cm³/mol. The van der Waals surface area contributed by atoms with Gasteiger partial charge in [-0.1, -0.05) is 36.4 Å². The van der Waals surface area contributed by atoms with Crippen LogP contribution in [0.5, 0.6) is 0 Å². The van der Waals surface area contributed by atoms with Crippen LogP contribution >= 0.6 is 11.3 Å². The summed E-state index contributed by atoms with van der Waals surface area (Å²) in [5.74, 6) is -0.365. The number of benzene rings is 3. The molecule has 1 aromatic heterocycles. The number of thiophene rings is 1. The van der Waals surface area contributed by atoms with Gasteiger partial charge in [0.05, 0.1) is 4.90 Å². The Labute approximate surface area is 196 Å². The second-order valence-corrected chi connectivity index (χ2v) is 11.0. The number of hydrogen-bond acceptors (Lipinski definition) is 5. The number of fused-ring (bicyclic) bond motifs is 2. The number of sulfonamides is 1. The molecule has 0 radical (unpaired) electrons. The first-order valence-corrected chi connectivity index (χ1v) is 13.2. The Hall–Kier alpha value is -2.65. The molecule has 5 rings (SSSR count). The number of ketones is 1. The second-order valence-electron chi connectivity index (χ2n) is 8.19. The van der Waals surface area contributed by atoms with Crippen molar-refractivity contribution < 1.29 is 17.6 Å². The summed E-state index contributed by atoms with van der Waals surface area (Å²) in [6, 6.07) is 17.4. The van der Waals surface area contributed by atoms with Gasteiger partial charge in [0.1, 0.15) is 5.82 Å². The quantitative estimate of drug-likeness (QED) is 0.372. The van der Waals surface area contributed by atoms with Crippen LogP contribution in [-0.2, 0) is 10.0 Å². The van der Waals surface area contributed by atoms with E-state index in [0.717, 1.165) is 15.5 Å². The SMILES string of the molecule is O=C(CCN1CCN(S(=O)(=O)c2cccc3ccccc23)CC1)c1csc2ccc(F)cc12. The number of rotatable bonds is 6. The van der Waals surface area contributed by atoms with Gasteiger partial charge >= 0.3 is 0 Å². The molecule has 33 heavy (non-hydrogen) atoms. The molecular formula is C25H23FN2O3S2. The number of carbonyl (C=O) groups excluding carboxylic acids is 1. The van der Waals surface area contributed by atoms with Crippen LogP contribution in [-0.4, -0.2) is 56.1 Å². The van der Waals surface area contributed by atoms with E-state index in [-0.39, 0.29) is 11.6 Å². The highest BCUT2D eigenvalue weighted by Crippen LogP contribution is 2.28. The van der Waals surface area contributed by atoms with E-state index in [1.165, 1.54) is 27.8 Å². The molecule has 2 heterocycles. The highest BCUT2D eigenvalue weighted by Gasteiger charge is 2.29. The minimum atomic E-state index is -3.60. The summed E-state index contributed by atoms with van der Waals surface area (Å²) in [6.07, 6.45) is 0.318. The van der Waals surface area contributed by atoms with Gasteiger partial charge in [-0.25, -0.2) is 12.8 Å². The van der Waals surface area contributed by atoms with E-state index in [0.29, 0.717) is 55.0 Å². The summed E-state index contributed by atoms with van der Waals surface area (Å²) in [5, 5.41) is 4.08. The maximum Gasteiger partial charge on any atom is 0.243 e. The van der Waals surface area contributed by atoms with Crippen LogP contribution in [0.25, 0.3) is 20.9 Å². The third kappa shape index (κ3) is 4.31. The van der Waals surface area contributed by atoms with Crippen molar-refractivity contribution in [2.24, 2.45) is 0 Å². The van der Waals surface area contributed by atoms with Gasteiger partial charge in [0.25, 0.3) is 0 Å². The smallest absolute Gasteiger partial charge is 0.243 e. The molecule has 1 aliphatic heterocycles. The van der Waals surface area contributed by atoms with Gasteiger partial charge in [0, 0.05) is 65.6 Å². The van der Waals surface area contributed by atoms with Crippen LogP contribution in [0.2, 0.25) is 0 Å². The van der Waals surface area contributed by atoms with Gasteiger partial charge in [-0.05, 0) is 29.7 Å². The molecule has 4 aromatic rings. The maximum atomic E-state index is 13.6. The number of carbonyl (C=O) groups is 1. The summed E-state index contributed by atoms with van der Waals surface area (Å²) in [7, 11) is -3.60. The van der Waals surface area contributed by atoms with Crippen molar-refractivity contribution in [1.82, 2.24) is 9.21 Å². The Bertz CT molecular complexity index is 1440. The highest BCUT2D eigenvalue weighted by atomic mass is 32.2. The van der Waals surface area contributed by atoms with Crippen LogP contribution < -0.4 is 0 Å². The number of halogens is 1. The Morgan fingerprint density at radius 1 is 0.939 bits per heavy atom. The summed E-state index contributed by atoms with van der Waals surface area (Å²) in [4.78, 5) is 15.2. The Balaban J connectivity index is 1.23. The van der Waals surface area contributed by atoms with Crippen LogP contribution in [0.4, 0.5) is 4.39 Å². The second kappa shape index (κ2) is 8.95. The minimum Gasteiger partial charge on any atom is -0.300 e. The van der Waals surface area contributed by atoms with Crippen LogP contribution in [0, 0.1) is 5.82 Å². The van der Waals surface area contributed by atoms with Gasteiger partial charge < -0.3 is 4.90 Å². The van der Waals surface area contributed by atoms with Gasteiger partial charge in [0.2, 0.25) is 10.0 Å². The van der Waals surface area contributed by atoms with Crippen molar-refractivity contribution >= 4 is 48.0 Å². The fourth-order valence-electron chi connectivity index (χ4n) is 4.36. The summed E-state index contributed by atoms with van der Waals surface area (Å²) >= 11 is 1.44. The molecular weight excluding hydrogens is 459 g/mol. The molecule has 1 aliphatic rings. The Kier molecular flexibility index (Phi) is 6.01. The van der Waals surface area contributed by atoms with Crippen LogP contribution in [0.1, 0.15) is 16.8 Å². The summed E-state index contributed by atoms with van der Waals surface area (Å²) in [6.45, 7) is 2.44. The molecule has 0 bridgehead atoms. The number of piperazine rings is 1. The van der Waals surface area contributed by atoms with Crippen molar-refractivity contribution in [2.75, 3.05) is 32.7 Å². The molecule has 170 valence electrons. The summed E-state index contributed by atoms with van der Waals surface area (Å²) in [5.41, 5.74) is 0.562. The van der Waals surface area contributed by atoms with Crippen molar-refractivity contribution in [3.63, 3.8) is 0 Å². The lowest BCUT2D eigenvalue weighted by Crippen LogP contribution is -2.48. The average molecular weight is 483 g/mol. The first kappa shape index (κ1) is 22.2. The lowest BCUT2D eigenvalue weighted by Gasteiger charge is -2.34. The zero-order valence-corrected chi connectivity index (χ0v) is 19.5. The van der Waals surface area contributed by atoms with E-state index in [1.807, 2.05) is 30.3 Å². The topological polar surface area (TPSA) is 57.7 Å². The molecule has 8 heteroatoms. The average Bonchev–Trinajstić information content (AvgIpc) is 3.25. The van der Waals surface area contributed by atoms with E-state index >= 15 is 0 Å². The van der Waals surface area contributed by atoms with Gasteiger partial charge in [-0.3, -0.25) is 4.79 Å². The number of hydrogen-bond donors (Lipinski definition) is 0. The monoisotopic (exact) mass is 482 g/mol. The lowest BCUT2D eigenvalue weighted by atomic mass is 10.1. The first-order chi connectivity index (χ1) is 15.9. The van der Waals surface area contributed by atoms with Gasteiger partial charge in [-0.15, -0.1) is 11.3 Å². The number of nitrogens with zero attached hydrogens (tertiary/aromatic N) is 2. The van der Waals surface area contributed by atoms with E-state index in [9.17, 15) is 17.6 Å². The predicted octanol–water partition coefficient (Wildman–Crippen LogP) is 4.77. The molecule has 1 saturated heterocycles. The largest absolute Gasteiger partial charge is 0.300 e. The molecule has 1 fully saturated rings. The van der Waals surface area contributed by atoms with Crippen LogP contribution in [0.15, 0.2) is 70.9 Å². The fourth-order valence-corrected chi connectivity index (χ4v) is 6.95. The molecule has 0 spiro atoms. The van der Waals surface area contributed by atoms with E-state index in [4.69, 9.17) is 0 Å². The van der Waals surface area contributed by atoms with E-state index in [2.05, 4.69) is 4.90 Å². The third-order valence-electron chi connectivity index (χ3n) is 6.19. The molecule has 3 aromatic carbocycles. The molecule has 0 atom stereocenters. The van der Waals surface area contributed by atoms with Gasteiger partial charge in [-0.2, -0.15) is 4.31 Å². The highest BCUT2D eigenvalue weighted by molar-refractivity contribution is 7.89. The normalized spacial score (nSPS) is 15.9. The Morgan fingerprint density at radius 2 is 1.70 bits per heavy atom. The van der Waals surface area contributed by atoms with E-state index in [1.54, 1.807) is 23.6 Å². The molecule has 0 unspecified atom stereocenters. The lowest BCUT2D eigenvalue weighted by molar-refractivity contribution is 0.0954. The standard InChI is InChI=1S/C25H23FN2O3S2/c26-19-8-9-24-21(16-19)22(17-32-24)23(29)10-11-27-12-14-28(15-13-27)33(30,31)25-7-3-5-18-4-1-2-6-20(18)25/h1-9,16-17H,10-15H2. The van der Waals surface area contributed by atoms with Gasteiger partial charge in [0.15, 0.2) is 5.78 Å². The zero-order valence-electron chi connectivity index (χ0n) is 17.9. The van der Waals surface area contributed by atoms with Crippen molar-refractivity contribution in [3.8, 4) is 0 Å². The van der Waals surface area contributed by atoms with E-state index < -0.39 is 10.0 Å². The van der Waals surface area contributed by atoms with Crippen LogP contribution in [0.3, 0.4) is 0 Å². The Morgan fingerprint density at radius 3 is 2.52 bits per heavy atom. The maximum absolute atomic E-state index is 13.6. The fraction of sp³-hybridized carbons (Fsp3) is 0.240. The molecule has 5 nitrogen and oxygen atoms in total. The van der Waals surface area contributed by atoms with Crippen molar-refractivity contribution in [1.29, 1.82) is 0 Å². The molecule has 0 saturated carbocycles.